The summed E-state index contributed by atoms with van der Waals surface area (Å²) in [5.41, 5.74) is 5.38. The van der Waals surface area contributed by atoms with E-state index in [2.05, 4.69) is 38.1 Å². The smallest absolute Gasteiger partial charge is 0.232 e. The SMILES string of the molecule is COc1cc(Cl)c(C)cc1N1C(=O)CC(c2ccc(C(C)C)cc2)C2=C1CCCC2=O. The van der Waals surface area contributed by atoms with Gasteiger partial charge in [0, 0.05) is 41.1 Å². The van der Waals surface area contributed by atoms with Crippen LogP contribution in [0.5, 0.6) is 5.75 Å². The summed E-state index contributed by atoms with van der Waals surface area (Å²) in [5.74, 6) is 0.887. The lowest BCUT2D eigenvalue weighted by atomic mass is 9.77. The number of hydrogen-bond acceptors (Lipinski definition) is 3. The van der Waals surface area contributed by atoms with E-state index in [-0.39, 0.29) is 24.0 Å². The summed E-state index contributed by atoms with van der Waals surface area (Å²) in [6.45, 7) is 6.22. The second-order valence-corrected chi connectivity index (χ2v) is 9.12. The zero-order chi connectivity index (χ0) is 22.3. The second-order valence-electron chi connectivity index (χ2n) is 8.72. The van der Waals surface area contributed by atoms with E-state index in [1.165, 1.54) is 5.56 Å². The second kappa shape index (κ2) is 8.51. The first-order chi connectivity index (χ1) is 14.8. The van der Waals surface area contributed by atoms with Gasteiger partial charge in [-0.15, -0.1) is 0 Å². The summed E-state index contributed by atoms with van der Waals surface area (Å²) >= 11 is 6.29. The quantitative estimate of drug-likeness (QED) is 0.563. The minimum Gasteiger partial charge on any atom is -0.495 e. The van der Waals surface area contributed by atoms with Crippen molar-refractivity contribution in [3.05, 3.63) is 69.4 Å². The number of ketones is 1. The van der Waals surface area contributed by atoms with Crippen LogP contribution in [0.1, 0.15) is 68.1 Å². The minimum absolute atomic E-state index is 0.0218. The van der Waals surface area contributed by atoms with Gasteiger partial charge < -0.3 is 4.74 Å². The number of benzene rings is 2. The van der Waals surface area contributed by atoms with E-state index in [4.69, 9.17) is 16.3 Å². The fourth-order valence-corrected chi connectivity index (χ4v) is 4.81. The van der Waals surface area contributed by atoms with Crippen molar-refractivity contribution in [1.29, 1.82) is 0 Å². The molecule has 1 aliphatic heterocycles. The minimum atomic E-state index is -0.202. The van der Waals surface area contributed by atoms with Gasteiger partial charge in [-0.25, -0.2) is 0 Å². The van der Waals surface area contributed by atoms with Crippen molar-refractivity contribution in [3.63, 3.8) is 0 Å². The molecule has 0 aromatic heterocycles. The number of anilines is 1. The van der Waals surface area contributed by atoms with E-state index in [1.807, 2.05) is 13.0 Å². The van der Waals surface area contributed by atoms with Crippen molar-refractivity contribution in [2.45, 2.75) is 58.3 Å². The largest absolute Gasteiger partial charge is 0.495 e. The van der Waals surface area contributed by atoms with E-state index in [0.29, 0.717) is 35.2 Å². The zero-order valence-electron chi connectivity index (χ0n) is 18.5. The van der Waals surface area contributed by atoms with Crippen LogP contribution in [0, 0.1) is 6.92 Å². The van der Waals surface area contributed by atoms with Crippen molar-refractivity contribution >= 4 is 29.0 Å². The highest BCUT2D eigenvalue weighted by atomic mass is 35.5. The van der Waals surface area contributed by atoms with Crippen molar-refractivity contribution < 1.29 is 14.3 Å². The summed E-state index contributed by atoms with van der Waals surface area (Å²) in [4.78, 5) is 28.3. The topological polar surface area (TPSA) is 46.6 Å². The molecule has 0 radical (unpaired) electrons. The van der Waals surface area contributed by atoms with Gasteiger partial charge in [0.2, 0.25) is 5.91 Å². The number of amides is 1. The lowest BCUT2D eigenvalue weighted by Gasteiger charge is -2.39. The van der Waals surface area contributed by atoms with Crippen LogP contribution in [0.3, 0.4) is 0 Å². The first-order valence-corrected chi connectivity index (χ1v) is 11.2. The van der Waals surface area contributed by atoms with Gasteiger partial charge in [0.25, 0.3) is 0 Å². The molecule has 2 aromatic rings. The van der Waals surface area contributed by atoms with Crippen molar-refractivity contribution in [1.82, 2.24) is 0 Å². The van der Waals surface area contributed by atoms with E-state index in [0.717, 1.165) is 28.8 Å². The fraction of sp³-hybridized carbons (Fsp3) is 0.385. The molecular weight excluding hydrogens is 410 g/mol. The van der Waals surface area contributed by atoms with Crippen LogP contribution in [0.4, 0.5) is 5.69 Å². The van der Waals surface area contributed by atoms with E-state index >= 15 is 0 Å². The zero-order valence-corrected chi connectivity index (χ0v) is 19.3. The average molecular weight is 438 g/mol. The van der Waals surface area contributed by atoms with Crippen LogP contribution in [0.15, 0.2) is 47.7 Å². The molecule has 1 atom stereocenters. The molecule has 0 saturated carbocycles. The molecule has 4 nitrogen and oxygen atoms in total. The van der Waals surface area contributed by atoms with Crippen LogP contribution >= 0.6 is 11.6 Å². The van der Waals surface area contributed by atoms with Gasteiger partial charge in [-0.05, 0) is 48.4 Å². The monoisotopic (exact) mass is 437 g/mol. The van der Waals surface area contributed by atoms with Crippen LogP contribution in [-0.4, -0.2) is 18.8 Å². The Morgan fingerprint density at radius 1 is 1.10 bits per heavy atom. The molecule has 2 aromatic carbocycles. The van der Waals surface area contributed by atoms with Crippen molar-refractivity contribution in [2.75, 3.05) is 12.0 Å². The molecule has 31 heavy (non-hydrogen) atoms. The molecule has 1 unspecified atom stereocenters. The standard InChI is InChI=1S/C26H28ClNO3/c1-15(2)17-8-10-18(11-9-17)19-13-25(30)28(21-6-5-7-23(29)26(19)21)22-12-16(3)20(27)14-24(22)31-4/h8-12,14-15,19H,5-7,13H2,1-4H3. The molecule has 162 valence electrons. The Kier molecular flexibility index (Phi) is 5.94. The van der Waals surface area contributed by atoms with Crippen molar-refractivity contribution in [2.24, 2.45) is 0 Å². The van der Waals surface area contributed by atoms with Gasteiger partial charge in [-0.1, -0.05) is 49.7 Å². The summed E-state index contributed by atoms with van der Waals surface area (Å²) < 4.78 is 5.55. The predicted molar refractivity (Wildman–Crippen MR) is 124 cm³/mol. The van der Waals surface area contributed by atoms with E-state index in [1.54, 1.807) is 18.1 Å². The normalized spacial score (nSPS) is 19.2. The Morgan fingerprint density at radius 3 is 2.45 bits per heavy atom. The van der Waals surface area contributed by atoms with Crippen LogP contribution in [-0.2, 0) is 9.59 Å². The summed E-state index contributed by atoms with van der Waals surface area (Å²) in [5, 5.41) is 0.585. The highest BCUT2D eigenvalue weighted by Crippen LogP contribution is 2.46. The maximum absolute atomic E-state index is 13.5. The highest BCUT2D eigenvalue weighted by Gasteiger charge is 2.40. The number of carbonyl (C=O) groups excluding carboxylic acids is 2. The number of nitrogens with zero attached hydrogens (tertiary/aromatic N) is 1. The Bertz CT molecular complexity index is 1070. The van der Waals surface area contributed by atoms with Crippen LogP contribution in [0.2, 0.25) is 5.02 Å². The third-order valence-electron chi connectivity index (χ3n) is 6.38. The molecule has 0 saturated heterocycles. The van der Waals surface area contributed by atoms with E-state index in [9.17, 15) is 9.59 Å². The van der Waals surface area contributed by atoms with Gasteiger partial charge in [0.15, 0.2) is 5.78 Å². The van der Waals surface area contributed by atoms with Crippen LogP contribution < -0.4 is 9.64 Å². The molecule has 1 heterocycles. The molecule has 4 rings (SSSR count). The lowest BCUT2D eigenvalue weighted by Crippen LogP contribution is -2.40. The first-order valence-electron chi connectivity index (χ1n) is 10.8. The van der Waals surface area contributed by atoms with Gasteiger partial charge in [-0.3, -0.25) is 14.5 Å². The first kappa shape index (κ1) is 21.6. The Balaban J connectivity index is 1.85. The number of aryl methyl sites for hydroxylation is 1. The molecular formula is C26H28ClNO3. The number of rotatable bonds is 4. The maximum atomic E-state index is 13.5. The lowest BCUT2D eigenvalue weighted by molar-refractivity contribution is -0.119. The predicted octanol–water partition coefficient (Wildman–Crippen LogP) is 6.31. The highest BCUT2D eigenvalue weighted by molar-refractivity contribution is 6.31. The van der Waals surface area contributed by atoms with Crippen molar-refractivity contribution in [3.8, 4) is 5.75 Å². The summed E-state index contributed by atoms with van der Waals surface area (Å²) in [6.07, 6.45) is 2.22. The molecule has 1 amide bonds. The Labute approximate surface area is 188 Å². The third kappa shape index (κ3) is 3.89. The fourth-order valence-electron chi connectivity index (χ4n) is 4.66. The number of hydrogen-bond donors (Lipinski definition) is 0. The average Bonchev–Trinajstić information content (AvgIpc) is 2.75. The molecule has 1 aliphatic carbocycles. The number of carbonyl (C=O) groups is 2. The Morgan fingerprint density at radius 2 is 1.81 bits per heavy atom. The number of ether oxygens (including phenoxy) is 1. The molecule has 5 heteroatoms. The van der Waals surface area contributed by atoms with Gasteiger partial charge in [-0.2, -0.15) is 0 Å². The third-order valence-corrected chi connectivity index (χ3v) is 6.79. The Hall–Kier alpha value is -2.59. The molecule has 0 N–H and O–H groups in total. The maximum Gasteiger partial charge on any atom is 0.232 e. The van der Waals surface area contributed by atoms with Gasteiger partial charge in [0.05, 0.1) is 12.8 Å². The number of allylic oxidation sites excluding steroid dienone is 2. The molecule has 2 aliphatic rings. The van der Waals surface area contributed by atoms with Crippen LogP contribution in [0.25, 0.3) is 0 Å². The molecule has 0 spiro atoms. The van der Waals surface area contributed by atoms with E-state index < -0.39 is 0 Å². The summed E-state index contributed by atoms with van der Waals surface area (Å²) in [6, 6.07) is 12.0. The summed E-state index contributed by atoms with van der Waals surface area (Å²) in [7, 11) is 1.57. The van der Waals surface area contributed by atoms with Gasteiger partial charge >= 0.3 is 0 Å². The van der Waals surface area contributed by atoms with Gasteiger partial charge in [0.1, 0.15) is 5.75 Å². The molecule has 0 bridgehead atoms. The number of halogens is 1. The number of methoxy groups -OCH3 is 1. The molecule has 0 fully saturated rings. The number of Topliss-reactive ketones (excluding diaryl/α,β-unsaturated/α-hetero) is 1.